The first-order chi connectivity index (χ1) is 16.4. The zero-order valence-electron chi connectivity index (χ0n) is 17.9. The Morgan fingerprint density at radius 3 is 2.59 bits per heavy atom. The number of anilines is 1. The number of benzene rings is 2. The molecule has 0 bridgehead atoms. The van der Waals surface area contributed by atoms with Gasteiger partial charge in [0.05, 0.1) is 22.2 Å². The van der Waals surface area contributed by atoms with Crippen molar-refractivity contribution in [1.82, 2.24) is 9.29 Å². The molecule has 1 saturated heterocycles. The Labute approximate surface area is 200 Å². The van der Waals surface area contributed by atoms with Crippen LogP contribution in [0, 0.1) is 17.2 Å². The predicted octanol–water partition coefficient (Wildman–Crippen LogP) is 3.45. The molecule has 5 rings (SSSR count). The fourth-order valence-electron chi connectivity index (χ4n) is 3.94. The minimum absolute atomic E-state index is 0.147. The summed E-state index contributed by atoms with van der Waals surface area (Å²) < 4.78 is 37.9. The van der Waals surface area contributed by atoms with Crippen LogP contribution in [0.5, 0.6) is 11.5 Å². The molecule has 1 aromatic heterocycles. The van der Waals surface area contributed by atoms with Crippen LogP contribution in [-0.2, 0) is 14.8 Å². The van der Waals surface area contributed by atoms with Gasteiger partial charge in [0.15, 0.2) is 16.6 Å². The van der Waals surface area contributed by atoms with Gasteiger partial charge in [0.1, 0.15) is 0 Å². The van der Waals surface area contributed by atoms with E-state index in [0.717, 1.165) is 11.3 Å². The minimum atomic E-state index is -3.66. The van der Waals surface area contributed by atoms with Gasteiger partial charge in [-0.2, -0.15) is 9.57 Å². The van der Waals surface area contributed by atoms with Crippen LogP contribution in [-0.4, -0.2) is 43.5 Å². The second kappa shape index (κ2) is 9.06. The summed E-state index contributed by atoms with van der Waals surface area (Å²) in [5.74, 6) is 0.895. The van der Waals surface area contributed by atoms with Crippen molar-refractivity contribution in [2.24, 2.45) is 5.92 Å². The number of hydrogen-bond acceptors (Lipinski definition) is 8. The monoisotopic (exact) mass is 496 g/mol. The quantitative estimate of drug-likeness (QED) is 0.574. The van der Waals surface area contributed by atoms with Crippen molar-refractivity contribution in [3.63, 3.8) is 0 Å². The van der Waals surface area contributed by atoms with Gasteiger partial charge < -0.3 is 14.8 Å². The summed E-state index contributed by atoms with van der Waals surface area (Å²) in [5, 5.41) is 14.1. The summed E-state index contributed by atoms with van der Waals surface area (Å²) in [6, 6.07) is 13.4. The highest BCUT2D eigenvalue weighted by atomic mass is 32.2. The van der Waals surface area contributed by atoms with Gasteiger partial charge in [-0.3, -0.25) is 4.79 Å². The number of nitrogens with zero attached hydrogens (tertiary/aromatic N) is 3. The number of hydrogen-bond donors (Lipinski definition) is 1. The first kappa shape index (κ1) is 22.3. The minimum Gasteiger partial charge on any atom is -0.454 e. The lowest BCUT2D eigenvalue weighted by Gasteiger charge is -2.30. The van der Waals surface area contributed by atoms with Crippen LogP contribution in [0.15, 0.2) is 52.7 Å². The standard InChI is InChI=1S/C23H20N4O5S2/c24-12-15-1-4-18(5-2-15)34(29,30)27-9-7-16(8-10-27)22(28)26-23-25-19(13-33-23)17-3-6-20-21(11-17)32-14-31-20/h1-6,11,13,16H,7-10,14H2,(H,25,26,28). The van der Waals surface area contributed by atoms with Gasteiger partial charge in [0.25, 0.3) is 0 Å². The maximum atomic E-state index is 12.9. The van der Waals surface area contributed by atoms with E-state index in [2.05, 4.69) is 10.3 Å². The molecule has 34 heavy (non-hydrogen) atoms. The van der Waals surface area contributed by atoms with E-state index in [4.69, 9.17) is 14.7 Å². The number of ether oxygens (including phenoxy) is 2. The number of piperidine rings is 1. The molecular weight excluding hydrogens is 476 g/mol. The van der Waals surface area contributed by atoms with Crippen LogP contribution in [0.1, 0.15) is 18.4 Å². The molecule has 9 nitrogen and oxygen atoms in total. The molecule has 0 atom stereocenters. The molecule has 0 spiro atoms. The molecule has 3 aromatic rings. The van der Waals surface area contributed by atoms with E-state index in [1.165, 1.54) is 39.9 Å². The van der Waals surface area contributed by atoms with E-state index in [1.54, 1.807) is 0 Å². The van der Waals surface area contributed by atoms with Gasteiger partial charge in [0.2, 0.25) is 22.7 Å². The van der Waals surface area contributed by atoms with Crippen LogP contribution in [0.2, 0.25) is 0 Å². The summed E-state index contributed by atoms with van der Waals surface area (Å²) in [5.41, 5.74) is 1.99. The Balaban J connectivity index is 1.19. The van der Waals surface area contributed by atoms with Crippen molar-refractivity contribution >= 4 is 32.4 Å². The number of fused-ring (bicyclic) bond motifs is 1. The number of rotatable bonds is 5. The summed E-state index contributed by atoms with van der Waals surface area (Å²) in [6.07, 6.45) is 0.837. The summed E-state index contributed by atoms with van der Waals surface area (Å²) in [7, 11) is -3.66. The third-order valence-electron chi connectivity index (χ3n) is 5.85. The first-order valence-electron chi connectivity index (χ1n) is 10.6. The molecule has 174 valence electrons. The largest absolute Gasteiger partial charge is 0.454 e. The van der Waals surface area contributed by atoms with E-state index >= 15 is 0 Å². The second-order valence-corrected chi connectivity index (χ2v) is 10.7. The van der Waals surface area contributed by atoms with Crippen molar-refractivity contribution in [3.8, 4) is 28.8 Å². The number of nitrogens with one attached hydrogen (secondary N) is 1. The van der Waals surface area contributed by atoms with E-state index in [1.807, 2.05) is 29.6 Å². The topological polar surface area (TPSA) is 122 Å². The lowest BCUT2D eigenvalue weighted by atomic mass is 9.97. The van der Waals surface area contributed by atoms with Gasteiger partial charge in [-0.1, -0.05) is 0 Å². The maximum absolute atomic E-state index is 12.9. The molecule has 2 aliphatic heterocycles. The maximum Gasteiger partial charge on any atom is 0.243 e. The van der Waals surface area contributed by atoms with E-state index in [-0.39, 0.29) is 36.6 Å². The van der Waals surface area contributed by atoms with Crippen molar-refractivity contribution in [3.05, 3.63) is 53.4 Å². The number of carbonyl (C=O) groups is 1. The van der Waals surface area contributed by atoms with Gasteiger partial charge >= 0.3 is 0 Å². The highest BCUT2D eigenvalue weighted by molar-refractivity contribution is 7.89. The molecular formula is C23H20N4O5S2. The smallest absolute Gasteiger partial charge is 0.243 e. The van der Waals surface area contributed by atoms with Gasteiger partial charge in [-0.15, -0.1) is 11.3 Å². The zero-order valence-corrected chi connectivity index (χ0v) is 19.6. The molecule has 11 heteroatoms. The Bertz CT molecular complexity index is 1370. The highest BCUT2D eigenvalue weighted by Gasteiger charge is 2.32. The van der Waals surface area contributed by atoms with Gasteiger partial charge in [-0.05, 0) is 55.3 Å². The van der Waals surface area contributed by atoms with Crippen LogP contribution < -0.4 is 14.8 Å². The molecule has 1 N–H and O–H groups in total. The average molecular weight is 497 g/mol. The number of nitriles is 1. The molecule has 1 amide bonds. The number of carbonyl (C=O) groups excluding carboxylic acids is 1. The lowest BCUT2D eigenvalue weighted by molar-refractivity contribution is -0.120. The van der Waals surface area contributed by atoms with E-state index in [0.29, 0.717) is 35.0 Å². The molecule has 0 saturated carbocycles. The fourth-order valence-corrected chi connectivity index (χ4v) is 6.13. The fraction of sp³-hybridized carbons (Fsp3) is 0.261. The third-order valence-corrected chi connectivity index (χ3v) is 8.52. The Morgan fingerprint density at radius 1 is 1.12 bits per heavy atom. The second-order valence-electron chi connectivity index (χ2n) is 7.91. The van der Waals surface area contributed by atoms with Crippen LogP contribution in [0.4, 0.5) is 5.13 Å². The van der Waals surface area contributed by atoms with Crippen molar-refractivity contribution in [1.29, 1.82) is 5.26 Å². The van der Waals surface area contributed by atoms with E-state index in [9.17, 15) is 13.2 Å². The predicted molar refractivity (Wildman–Crippen MR) is 125 cm³/mol. The average Bonchev–Trinajstić information content (AvgIpc) is 3.53. The summed E-state index contributed by atoms with van der Waals surface area (Å²) >= 11 is 1.33. The molecule has 0 aliphatic carbocycles. The van der Waals surface area contributed by atoms with Crippen molar-refractivity contribution in [2.75, 3.05) is 25.2 Å². The molecule has 1 fully saturated rings. The van der Waals surface area contributed by atoms with Crippen LogP contribution in [0.3, 0.4) is 0 Å². The normalized spacial score (nSPS) is 16.2. The first-order valence-corrected chi connectivity index (χ1v) is 12.9. The Hall–Kier alpha value is -3.46. The van der Waals surface area contributed by atoms with Crippen LogP contribution in [0.25, 0.3) is 11.3 Å². The summed E-state index contributed by atoms with van der Waals surface area (Å²) in [4.78, 5) is 17.4. The zero-order chi connectivity index (χ0) is 23.7. The third kappa shape index (κ3) is 4.35. The van der Waals surface area contributed by atoms with Crippen LogP contribution >= 0.6 is 11.3 Å². The number of amides is 1. The van der Waals surface area contributed by atoms with Gasteiger partial charge in [0, 0.05) is 30.0 Å². The van der Waals surface area contributed by atoms with E-state index < -0.39 is 10.0 Å². The molecule has 2 aromatic carbocycles. The molecule has 3 heterocycles. The van der Waals surface area contributed by atoms with Crippen molar-refractivity contribution in [2.45, 2.75) is 17.7 Å². The van der Waals surface area contributed by atoms with Gasteiger partial charge in [-0.25, -0.2) is 13.4 Å². The van der Waals surface area contributed by atoms with Crippen molar-refractivity contribution < 1.29 is 22.7 Å². The number of thiazole rings is 1. The highest BCUT2D eigenvalue weighted by Crippen LogP contribution is 2.36. The number of sulfonamides is 1. The molecule has 0 radical (unpaired) electrons. The number of aromatic nitrogens is 1. The molecule has 0 unspecified atom stereocenters. The SMILES string of the molecule is N#Cc1ccc(S(=O)(=O)N2CCC(C(=O)Nc3nc(-c4ccc5c(c4)OCO5)cs3)CC2)cc1. The Kier molecular flexibility index (Phi) is 5.95. The molecule has 2 aliphatic rings. The summed E-state index contributed by atoms with van der Waals surface area (Å²) in [6.45, 7) is 0.701. The Morgan fingerprint density at radius 2 is 1.85 bits per heavy atom. The lowest BCUT2D eigenvalue weighted by Crippen LogP contribution is -2.41.